The van der Waals surface area contributed by atoms with Crippen molar-refractivity contribution >= 4 is 6.09 Å². The summed E-state index contributed by atoms with van der Waals surface area (Å²) in [4.78, 5) is 10.9. The topological polar surface area (TPSA) is 73.6 Å². The Morgan fingerprint density at radius 3 is 2.25 bits per heavy atom. The molecule has 2 aromatic rings. The maximum absolute atomic E-state index is 13.3. The number of ether oxygens (including phenoxy) is 2. The van der Waals surface area contributed by atoms with Crippen LogP contribution in [0.15, 0.2) is 48.5 Å². The van der Waals surface area contributed by atoms with Gasteiger partial charge in [0.25, 0.3) is 0 Å². The first-order valence-corrected chi connectivity index (χ1v) is 11.5. The van der Waals surface area contributed by atoms with E-state index in [1.54, 1.807) is 0 Å². The number of carbonyl (C=O) groups is 1. The van der Waals surface area contributed by atoms with Crippen molar-refractivity contribution in [3.05, 3.63) is 70.8 Å². The Bertz CT molecular complexity index is 996. The summed E-state index contributed by atoms with van der Waals surface area (Å²) >= 11 is 0. The Kier molecular flexibility index (Phi) is 8.55. The van der Waals surface area contributed by atoms with Gasteiger partial charge < -0.3 is 20.5 Å². The van der Waals surface area contributed by atoms with E-state index >= 15 is 0 Å². The van der Waals surface area contributed by atoms with Crippen molar-refractivity contribution in [2.45, 2.75) is 62.6 Å². The van der Waals surface area contributed by atoms with Crippen molar-refractivity contribution in [3.63, 3.8) is 0 Å². The number of halogens is 6. The van der Waals surface area contributed by atoms with Gasteiger partial charge in [0.2, 0.25) is 0 Å². The summed E-state index contributed by atoms with van der Waals surface area (Å²) in [7, 11) is 0. The zero-order valence-corrected chi connectivity index (χ0v) is 19.6. The van der Waals surface area contributed by atoms with Crippen molar-refractivity contribution in [1.29, 1.82) is 0 Å². The van der Waals surface area contributed by atoms with Crippen LogP contribution in [0.1, 0.15) is 61.0 Å². The molecule has 198 valence electrons. The number of alkyl halides is 6. The second-order valence-electron chi connectivity index (χ2n) is 8.93. The van der Waals surface area contributed by atoms with Gasteiger partial charge in [-0.3, -0.25) is 0 Å². The standard InChI is InChI=1S/C25H28F6N2O3/c1-16(17-12-19(24(26,27)28)14-20(13-17)25(29,30)31)36-15-23(18-6-3-2-4-7-18)10-5-8-21(33-23)9-11-35-22(32)34/h2-4,6-7,12-14,16,21,33H,5,8-11,15H2,1H3,(H2,32,34)/t16-,21?,23-/m1/s1. The molecule has 0 bridgehead atoms. The lowest BCUT2D eigenvalue weighted by Crippen LogP contribution is -2.54. The minimum Gasteiger partial charge on any atom is -0.450 e. The number of nitrogens with one attached hydrogen (secondary N) is 1. The van der Waals surface area contributed by atoms with Gasteiger partial charge >= 0.3 is 18.4 Å². The smallest absolute Gasteiger partial charge is 0.416 e. The highest BCUT2D eigenvalue weighted by Gasteiger charge is 2.40. The van der Waals surface area contributed by atoms with Crippen molar-refractivity contribution in [1.82, 2.24) is 5.32 Å². The number of primary amides is 1. The Hall–Kier alpha value is -2.79. The molecule has 0 saturated carbocycles. The average Bonchev–Trinajstić information content (AvgIpc) is 2.82. The van der Waals surface area contributed by atoms with E-state index in [4.69, 9.17) is 15.2 Å². The molecular formula is C25H28F6N2O3. The largest absolute Gasteiger partial charge is 0.450 e. The van der Waals surface area contributed by atoms with Crippen LogP contribution in [0.25, 0.3) is 0 Å². The fraction of sp³-hybridized carbons (Fsp3) is 0.480. The minimum atomic E-state index is -4.94. The van der Waals surface area contributed by atoms with Gasteiger partial charge in [0.1, 0.15) is 0 Å². The van der Waals surface area contributed by atoms with Crippen molar-refractivity contribution < 1.29 is 40.6 Å². The fourth-order valence-electron chi connectivity index (χ4n) is 4.46. The molecule has 0 spiro atoms. The zero-order valence-electron chi connectivity index (χ0n) is 19.6. The Morgan fingerprint density at radius 2 is 1.69 bits per heavy atom. The van der Waals surface area contributed by atoms with Crippen molar-refractivity contribution in [2.24, 2.45) is 5.73 Å². The highest BCUT2D eigenvalue weighted by Crippen LogP contribution is 2.39. The molecule has 36 heavy (non-hydrogen) atoms. The van der Waals surface area contributed by atoms with Crippen LogP contribution in [0.4, 0.5) is 31.1 Å². The van der Waals surface area contributed by atoms with Crippen LogP contribution in [0.2, 0.25) is 0 Å². The number of nitrogens with two attached hydrogens (primary N) is 1. The van der Waals surface area contributed by atoms with Gasteiger partial charge in [-0.1, -0.05) is 30.3 Å². The molecule has 3 atom stereocenters. The molecular weight excluding hydrogens is 490 g/mol. The number of hydrogen-bond donors (Lipinski definition) is 2. The second-order valence-corrected chi connectivity index (χ2v) is 8.93. The van der Waals surface area contributed by atoms with Crippen LogP contribution in [-0.2, 0) is 27.4 Å². The summed E-state index contributed by atoms with van der Waals surface area (Å²) < 4.78 is 90.6. The average molecular weight is 518 g/mol. The Labute approximate surface area is 204 Å². The molecule has 11 heteroatoms. The molecule has 1 heterocycles. The first kappa shape index (κ1) is 27.8. The van der Waals surface area contributed by atoms with Crippen LogP contribution in [0.3, 0.4) is 0 Å². The molecule has 1 aliphatic rings. The van der Waals surface area contributed by atoms with E-state index in [2.05, 4.69) is 5.32 Å². The summed E-state index contributed by atoms with van der Waals surface area (Å²) in [5, 5.41) is 3.52. The van der Waals surface area contributed by atoms with E-state index < -0.39 is 41.2 Å². The summed E-state index contributed by atoms with van der Waals surface area (Å²) in [6.07, 6.45) is -9.12. The lowest BCUT2D eigenvalue weighted by atomic mass is 9.80. The van der Waals surface area contributed by atoms with Gasteiger partial charge in [-0.25, -0.2) is 4.79 Å². The summed E-state index contributed by atoms with van der Waals surface area (Å²) in [6, 6.07) is 10.7. The number of amides is 1. The van der Waals surface area contributed by atoms with Gasteiger partial charge in [-0.15, -0.1) is 0 Å². The quantitative estimate of drug-likeness (QED) is 0.401. The van der Waals surface area contributed by atoms with E-state index in [9.17, 15) is 31.1 Å². The molecule has 5 nitrogen and oxygen atoms in total. The number of piperidine rings is 1. The van der Waals surface area contributed by atoms with Gasteiger partial charge in [0.05, 0.1) is 36.0 Å². The maximum atomic E-state index is 13.3. The van der Waals surface area contributed by atoms with Crippen molar-refractivity contribution in [3.8, 4) is 0 Å². The number of carbonyl (C=O) groups excluding carboxylic acids is 1. The number of hydrogen-bond acceptors (Lipinski definition) is 4. The maximum Gasteiger partial charge on any atom is 0.416 e. The fourth-order valence-corrected chi connectivity index (χ4v) is 4.46. The highest BCUT2D eigenvalue weighted by atomic mass is 19.4. The van der Waals surface area contributed by atoms with E-state index in [0.717, 1.165) is 18.4 Å². The SMILES string of the molecule is C[C@@H](OC[C@@]1(c2ccccc2)CCCC(CCOC(N)=O)N1)c1cc(C(F)(F)F)cc(C(F)(F)F)c1. The van der Waals surface area contributed by atoms with Crippen LogP contribution < -0.4 is 11.1 Å². The minimum absolute atomic E-state index is 0.00293. The lowest BCUT2D eigenvalue weighted by molar-refractivity contribution is -0.143. The predicted molar refractivity (Wildman–Crippen MR) is 120 cm³/mol. The monoisotopic (exact) mass is 518 g/mol. The molecule has 3 rings (SSSR count). The molecule has 1 saturated heterocycles. The van der Waals surface area contributed by atoms with Crippen LogP contribution in [0, 0.1) is 0 Å². The molecule has 2 aromatic carbocycles. The molecule has 0 aromatic heterocycles. The zero-order chi connectivity index (χ0) is 26.6. The molecule has 1 fully saturated rings. The molecule has 0 radical (unpaired) electrons. The van der Waals surface area contributed by atoms with E-state index in [0.29, 0.717) is 25.0 Å². The van der Waals surface area contributed by atoms with Crippen LogP contribution >= 0.6 is 0 Å². The molecule has 0 aliphatic carbocycles. The summed E-state index contributed by atoms with van der Waals surface area (Å²) in [5.74, 6) is 0. The predicted octanol–water partition coefficient (Wildman–Crippen LogP) is 6.32. The highest BCUT2D eigenvalue weighted by molar-refractivity contribution is 5.64. The van der Waals surface area contributed by atoms with Crippen molar-refractivity contribution in [2.75, 3.05) is 13.2 Å². The lowest BCUT2D eigenvalue weighted by Gasteiger charge is -2.43. The third-order valence-corrected chi connectivity index (χ3v) is 6.33. The Balaban J connectivity index is 1.84. The van der Waals surface area contributed by atoms with Gasteiger partial charge in [0.15, 0.2) is 0 Å². The number of rotatable bonds is 8. The van der Waals surface area contributed by atoms with E-state index in [1.165, 1.54) is 6.92 Å². The third-order valence-electron chi connectivity index (χ3n) is 6.33. The molecule has 1 unspecified atom stereocenters. The van der Waals surface area contributed by atoms with E-state index in [-0.39, 0.29) is 30.9 Å². The summed E-state index contributed by atoms with van der Waals surface area (Å²) in [5.41, 5.74) is 2.17. The van der Waals surface area contributed by atoms with Gasteiger partial charge in [-0.05, 0) is 61.9 Å². The molecule has 1 amide bonds. The normalized spacial score (nSPS) is 21.7. The third kappa shape index (κ3) is 7.13. The summed E-state index contributed by atoms with van der Waals surface area (Å²) in [6.45, 7) is 1.54. The van der Waals surface area contributed by atoms with E-state index in [1.807, 2.05) is 30.3 Å². The number of benzene rings is 2. The van der Waals surface area contributed by atoms with Crippen LogP contribution in [0.5, 0.6) is 0 Å². The first-order chi connectivity index (χ1) is 16.8. The van der Waals surface area contributed by atoms with Crippen LogP contribution in [-0.4, -0.2) is 25.3 Å². The Morgan fingerprint density at radius 1 is 1.08 bits per heavy atom. The first-order valence-electron chi connectivity index (χ1n) is 11.5. The molecule has 1 aliphatic heterocycles. The second kappa shape index (κ2) is 11.1. The molecule has 3 N–H and O–H groups in total. The van der Waals surface area contributed by atoms with Gasteiger partial charge in [0, 0.05) is 6.04 Å². The van der Waals surface area contributed by atoms with Gasteiger partial charge in [-0.2, -0.15) is 26.3 Å².